The number of hydrogen-bond acceptors (Lipinski definition) is 4. The number of nitrogens with zero attached hydrogens (tertiary/aromatic N) is 3. The van der Waals surface area contributed by atoms with Crippen molar-refractivity contribution in [3.8, 4) is 0 Å². The van der Waals surface area contributed by atoms with E-state index >= 15 is 0 Å². The SMILES string of the molecule is CN(Cc1cccnc1)S(=O)(=O)N1CCC(CO)CC1. The van der Waals surface area contributed by atoms with E-state index < -0.39 is 10.2 Å². The fourth-order valence-electron chi connectivity index (χ4n) is 2.35. The molecule has 0 saturated carbocycles. The van der Waals surface area contributed by atoms with Crippen LogP contribution in [0.5, 0.6) is 0 Å². The number of aliphatic hydroxyl groups excluding tert-OH is 1. The quantitative estimate of drug-likeness (QED) is 0.857. The van der Waals surface area contributed by atoms with Crippen molar-refractivity contribution in [1.82, 2.24) is 13.6 Å². The Morgan fingerprint density at radius 1 is 1.45 bits per heavy atom. The predicted octanol–water partition coefficient (Wildman–Crippen LogP) is 0.462. The van der Waals surface area contributed by atoms with Crippen molar-refractivity contribution >= 4 is 10.2 Å². The molecule has 1 aromatic rings. The summed E-state index contributed by atoms with van der Waals surface area (Å²) in [6, 6.07) is 3.65. The van der Waals surface area contributed by atoms with Gasteiger partial charge in [-0.15, -0.1) is 0 Å². The largest absolute Gasteiger partial charge is 0.396 e. The Hall–Kier alpha value is -1.02. The minimum Gasteiger partial charge on any atom is -0.396 e. The lowest BCUT2D eigenvalue weighted by molar-refractivity contribution is 0.166. The summed E-state index contributed by atoms with van der Waals surface area (Å²) < 4.78 is 27.8. The highest BCUT2D eigenvalue weighted by atomic mass is 32.2. The molecule has 1 aromatic heterocycles. The van der Waals surface area contributed by atoms with Gasteiger partial charge in [0.05, 0.1) is 0 Å². The third-order valence-corrected chi connectivity index (χ3v) is 5.61. The number of rotatable bonds is 5. The summed E-state index contributed by atoms with van der Waals surface area (Å²) >= 11 is 0. The van der Waals surface area contributed by atoms with Gasteiger partial charge in [-0.1, -0.05) is 6.07 Å². The number of aromatic nitrogens is 1. The van der Waals surface area contributed by atoms with Crippen molar-refractivity contribution in [1.29, 1.82) is 0 Å². The highest BCUT2D eigenvalue weighted by Crippen LogP contribution is 2.21. The lowest BCUT2D eigenvalue weighted by atomic mass is 10.00. The lowest BCUT2D eigenvalue weighted by Gasteiger charge is -2.33. The molecular formula is C13H21N3O3S. The average molecular weight is 299 g/mol. The monoisotopic (exact) mass is 299 g/mol. The molecule has 1 saturated heterocycles. The molecule has 20 heavy (non-hydrogen) atoms. The van der Waals surface area contributed by atoms with Gasteiger partial charge in [0.25, 0.3) is 10.2 Å². The molecule has 1 fully saturated rings. The van der Waals surface area contributed by atoms with Crippen molar-refractivity contribution in [2.45, 2.75) is 19.4 Å². The molecule has 2 heterocycles. The molecule has 1 aliphatic rings. The number of pyridine rings is 1. The molecule has 0 atom stereocenters. The molecule has 2 rings (SSSR count). The van der Waals surface area contributed by atoms with Crippen LogP contribution in [0.4, 0.5) is 0 Å². The first-order valence-electron chi connectivity index (χ1n) is 6.75. The van der Waals surface area contributed by atoms with Gasteiger partial charge in [0.1, 0.15) is 0 Å². The van der Waals surface area contributed by atoms with E-state index in [1.54, 1.807) is 25.5 Å². The zero-order valence-corrected chi connectivity index (χ0v) is 12.5. The van der Waals surface area contributed by atoms with Gasteiger partial charge >= 0.3 is 0 Å². The summed E-state index contributed by atoms with van der Waals surface area (Å²) in [7, 11) is -1.85. The molecule has 6 nitrogen and oxygen atoms in total. The Labute approximate surface area is 120 Å². The minimum atomic E-state index is -3.43. The van der Waals surface area contributed by atoms with Crippen LogP contribution in [-0.2, 0) is 16.8 Å². The normalized spacial score (nSPS) is 18.6. The van der Waals surface area contributed by atoms with E-state index in [-0.39, 0.29) is 12.5 Å². The topological polar surface area (TPSA) is 73.7 Å². The van der Waals surface area contributed by atoms with Crippen molar-refractivity contribution in [2.75, 3.05) is 26.7 Å². The van der Waals surface area contributed by atoms with Gasteiger partial charge in [-0.2, -0.15) is 17.0 Å². The molecule has 0 spiro atoms. The minimum absolute atomic E-state index is 0.138. The molecule has 0 aromatic carbocycles. The second-order valence-electron chi connectivity index (χ2n) is 5.15. The van der Waals surface area contributed by atoms with Crippen molar-refractivity contribution in [3.05, 3.63) is 30.1 Å². The first kappa shape index (κ1) is 15.4. The maximum atomic E-state index is 12.5. The third kappa shape index (κ3) is 3.54. The second-order valence-corrected chi connectivity index (χ2v) is 7.19. The van der Waals surface area contributed by atoms with E-state index in [9.17, 15) is 8.42 Å². The molecule has 112 valence electrons. The highest BCUT2D eigenvalue weighted by Gasteiger charge is 2.30. The van der Waals surface area contributed by atoms with Gasteiger partial charge < -0.3 is 5.11 Å². The second kappa shape index (κ2) is 6.62. The highest BCUT2D eigenvalue weighted by molar-refractivity contribution is 7.86. The van der Waals surface area contributed by atoms with Gasteiger partial charge in [0.15, 0.2) is 0 Å². The summed E-state index contributed by atoms with van der Waals surface area (Å²) in [5.41, 5.74) is 0.865. The summed E-state index contributed by atoms with van der Waals surface area (Å²) in [4.78, 5) is 3.99. The maximum Gasteiger partial charge on any atom is 0.282 e. The van der Waals surface area contributed by atoms with E-state index in [1.165, 1.54) is 8.61 Å². The Bertz CT molecular complexity index is 513. The summed E-state index contributed by atoms with van der Waals surface area (Å²) in [6.07, 6.45) is 4.77. The fraction of sp³-hybridized carbons (Fsp3) is 0.615. The molecule has 7 heteroatoms. The fourth-order valence-corrected chi connectivity index (χ4v) is 3.73. The molecule has 0 bridgehead atoms. The average Bonchev–Trinajstić information content (AvgIpc) is 2.48. The molecule has 0 aliphatic carbocycles. The van der Waals surface area contributed by atoms with E-state index in [2.05, 4.69) is 4.98 Å². The predicted molar refractivity (Wildman–Crippen MR) is 76.0 cm³/mol. The zero-order valence-electron chi connectivity index (χ0n) is 11.6. The van der Waals surface area contributed by atoms with Gasteiger partial charge in [-0.05, 0) is 30.4 Å². The smallest absolute Gasteiger partial charge is 0.282 e. The van der Waals surface area contributed by atoms with Crippen LogP contribution in [0, 0.1) is 5.92 Å². The summed E-state index contributed by atoms with van der Waals surface area (Å²) in [6.45, 7) is 1.41. The molecule has 1 aliphatic heterocycles. The van der Waals surface area contributed by atoms with Crippen LogP contribution >= 0.6 is 0 Å². The van der Waals surface area contributed by atoms with Crippen LogP contribution in [0.3, 0.4) is 0 Å². The Morgan fingerprint density at radius 2 is 2.15 bits per heavy atom. The lowest BCUT2D eigenvalue weighted by Crippen LogP contribution is -2.45. The molecule has 0 amide bonds. The first-order valence-corrected chi connectivity index (χ1v) is 8.15. The molecule has 0 radical (unpaired) electrons. The van der Waals surface area contributed by atoms with E-state index in [1.807, 2.05) is 6.07 Å². The van der Waals surface area contributed by atoms with Crippen molar-refractivity contribution in [2.24, 2.45) is 5.92 Å². The first-order chi connectivity index (χ1) is 9.54. The van der Waals surface area contributed by atoms with Crippen LogP contribution < -0.4 is 0 Å². The van der Waals surface area contributed by atoms with E-state index in [0.717, 1.165) is 18.4 Å². The Balaban J connectivity index is 1.99. The van der Waals surface area contributed by atoms with Gasteiger partial charge in [0.2, 0.25) is 0 Å². The van der Waals surface area contributed by atoms with Crippen LogP contribution in [0.1, 0.15) is 18.4 Å². The molecular weight excluding hydrogens is 278 g/mol. The van der Waals surface area contributed by atoms with Gasteiger partial charge in [-0.3, -0.25) is 4.98 Å². The Kier molecular flexibility index (Phi) is 5.09. The van der Waals surface area contributed by atoms with Crippen molar-refractivity contribution in [3.63, 3.8) is 0 Å². The van der Waals surface area contributed by atoms with Crippen LogP contribution in [0.25, 0.3) is 0 Å². The van der Waals surface area contributed by atoms with E-state index in [0.29, 0.717) is 19.6 Å². The third-order valence-electron chi connectivity index (χ3n) is 3.68. The number of piperidine rings is 1. The Morgan fingerprint density at radius 3 is 2.70 bits per heavy atom. The van der Waals surface area contributed by atoms with Gasteiger partial charge in [0, 0.05) is 45.7 Å². The van der Waals surface area contributed by atoms with E-state index in [4.69, 9.17) is 5.11 Å². The molecule has 0 unspecified atom stereocenters. The van der Waals surface area contributed by atoms with Crippen molar-refractivity contribution < 1.29 is 13.5 Å². The summed E-state index contributed by atoms with van der Waals surface area (Å²) in [5, 5.41) is 9.10. The van der Waals surface area contributed by atoms with Crippen LogP contribution in [0.15, 0.2) is 24.5 Å². The number of hydrogen-bond donors (Lipinski definition) is 1. The molecule has 1 N–H and O–H groups in total. The number of aliphatic hydroxyl groups is 1. The maximum absolute atomic E-state index is 12.5. The van der Waals surface area contributed by atoms with Gasteiger partial charge in [-0.25, -0.2) is 0 Å². The standard InChI is InChI=1S/C13H21N3O3S/c1-15(10-13-3-2-6-14-9-13)20(18,19)16-7-4-12(11-17)5-8-16/h2-3,6,9,12,17H,4-5,7-8,10-11H2,1H3. The van der Waals surface area contributed by atoms with Crippen LogP contribution in [0.2, 0.25) is 0 Å². The van der Waals surface area contributed by atoms with Crippen LogP contribution in [-0.4, -0.2) is 53.9 Å². The summed E-state index contributed by atoms with van der Waals surface area (Å²) in [5.74, 6) is 0.227. The zero-order chi connectivity index (χ0) is 14.6.